The first-order valence-corrected chi connectivity index (χ1v) is 8.56. The van der Waals surface area contributed by atoms with E-state index in [0.717, 1.165) is 24.9 Å². The Morgan fingerprint density at radius 1 is 1.05 bits per heavy atom. The molecular weight excluding hydrogens is 256 g/mol. The number of hydrogen-bond acceptors (Lipinski definition) is 2. The van der Waals surface area contributed by atoms with Crippen LogP contribution in [0.5, 0.6) is 0 Å². The summed E-state index contributed by atoms with van der Waals surface area (Å²) in [5.74, 6) is 1.53. The molecule has 1 aromatic rings. The van der Waals surface area contributed by atoms with Gasteiger partial charge in [-0.25, -0.2) is 0 Å². The van der Waals surface area contributed by atoms with Crippen LogP contribution in [-0.2, 0) is 6.54 Å². The van der Waals surface area contributed by atoms with Crippen LogP contribution < -0.4 is 5.32 Å². The molecule has 1 aromatic carbocycles. The molecule has 0 amide bonds. The van der Waals surface area contributed by atoms with Crippen LogP contribution in [0.3, 0.4) is 0 Å². The van der Waals surface area contributed by atoms with Gasteiger partial charge in [0, 0.05) is 31.7 Å². The predicted octanol–water partition coefficient (Wildman–Crippen LogP) is 3.92. The minimum atomic E-state index is 0.650. The molecule has 2 atom stereocenters. The minimum absolute atomic E-state index is 0.650. The van der Waals surface area contributed by atoms with Gasteiger partial charge in [-0.1, -0.05) is 58.0 Å². The molecule has 0 radical (unpaired) electrons. The largest absolute Gasteiger partial charge is 0.311 e. The topological polar surface area (TPSA) is 15.3 Å². The second-order valence-electron chi connectivity index (χ2n) is 7.43. The fourth-order valence-corrected chi connectivity index (χ4v) is 3.44. The highest BCUT2D eigenvalue weighted by Crippen LogP contribution is 2.20. The van der Waals surface area contributed by atoms with Gasteiger partial charge in [0.2, 0.25) is 0 Å². The summed E-state index contributed by atoms with van der Waals surface area (Å²) >= 11 is 0. The molecule has 0 bridgehead atoms. The van der Waals surface area contributed by atoms with E-state index in [0.29, 0.717) is 12.1 Å². The molecule has 2 rings (SSSR count). The first kappa shape index (κ1) is 16.5. The molecule has 118 valence electrons. The van der Waals surface area contributed by atoms with Crippen molar-refractivity contribution in [1.29, 1.82) is 0 Å². The number of nitrogens with one attached hydrogen (secondary N) is 1. The maximum absolute atomic E-state index is 3.78. The van der Waals surface area contributed by atoms with E-state index in [1.165, 1.54) is 24.9 Å². The summed E-state index contributed by atoms with van der Waals surface area (Å²) in [5, 5.41) is 3.78. The lowest BCUT2D eigenvalue weighted by molar-refractivity contribution is 0.0997. The average molecular weight is 288 g/mol. The second kappa shape index (κ2) is 7.95. The third kappa shape index (κ3) is 5.44. The summed E-state index contributed by atoms with van der Waals surface area (Å²) in [6, 6.07) is 12.2. The molecule has 1 fully saturated rings. The van der Waals surface area contributed by atoms with Crippen molar-refractivity contribution in [2.75, 3.05) is 13.1 Å². The van der Waals surface area contributed by atoms with Gasteiger partial charge in [-0.05, 0) is 30.2 Å². The first-order valence-electron chi connectivity index (χ1n) is 8.56. The summed E-state index contributed by atoms with van der Waals surface area (Å²) in [6.07, 6.45) is 2.56. The Labute approximate surface area is 130 Å². The van der Waals surface area contributed by atoms with Crippen molar-refractivity contribution < 1.29 is 0 Å². The lowest BCUT2D eigenvalue weighted by Gasteiger charge is -2.42. The van der Waals surface area contributed by atoms with Gasteiger partial charge in [0.05, 0.1) is 0 Å². The van der Waals surface area contributed by atoms with Gasteiger partial charge in [-0.3, -0.25) is 4.90 Å². The van der Waals surface area contributed by atoms with Crippen LogP contribution in [0.4, 0.5) is 0 Å². The molecule has 0 saturated carbocycles. The molecule has 0 unspecified atom stereocenters. The highest BCUT2D eigenvalue weighted by Gasteiger charge is 2.28. The lowest BCUT2D eigenvalue weighted by atomic mass is 9.95. The molecule has 1 aliphatic heterocycles. The van der Waals surface area contributed by atoms with Crippen LogP contribution in [0.15, 0.2) is 30.3 Å². The zero-order chi connectivity index (χ0) is 15.2. The smallest absolute Gasteiger partial charge is 0.0237 e. The predicted molar refractivity (Wildman–Crippen MR) is 91.3 cm³/mol. The van der Waals surface area contributed by atoms with E-state index in [1.807, 2.05) is 0 Å². The Kier molecular flexibility index (Phi) is 6.25. The number of rotatable bonds is 6. The summed E-state index contributed by atoms with van der Waals surface area (Å²) < 4.78 is 0. The molecule has 2 heteroatoms. The molecule has 0 aromatic heterocycles. The third-order valence-corrected chi connectivity index (χ3v) is 4.34. The molecule has 0 spiro atoms. The molecule has 21 heavy (non-hydrogen) atoms. The van der Waals surface area contributed by atoms with E-state index in [9.17, 15) is 0 Å². The van der Waals surface area contributed by atoms with Gasteiger partial charge in [-0.15, -0.1) is 0 Å². The fourth-order valence-electron chi connectivity index (χ4n) is 3.44. The van der Waals surface area contributed by atoms with Gasteiger partial charge < -0.3 is 5.32 Å². The standard InChI is InChI=1S/C19H32N2/c1-15(2)10-18-14-21(13-17-8-6-5-7-9-17)19(12-20-18)11-16(3)4/h5-9,15-16,18-20H,10-14H2,1-4H3/t18-,19-/m1/s1. The first-order chi connectivity index (χ1) is 10.0. The Balaban J connectivity index is 2.01. The Morgan fingerprint density at radius 3 is 2.33 bits per heavy atom. The van der Waals surface area contributed by atoms with Crippen molar-refractivity contribution in [2.45, 2.75) is 59.2 Å². The molecule has 1 saturated heterocycles. The number of piperazine rings is 1. The average Bonchev–Trinajstić information content (AvgIpc) is 2.42. The number of nitrogens with zero attached hydrogens (tertiary/aromatic N) is 1. The van der Waals surface area contributed by atoms with Crippen LogP contribution in [0.2, 0.25) is 0 Å². The SMILES string of the molecule is CC(C)C[C@@H]1CN(Cc2ccccc2)[C@H](CC(C)C)CN1. The molecule has 1 N–H and O–H groups in total. The molecule has 1 aliphatic rings. The second-order valence-corrected chi connectivity index (χ2v) is 7.43. The minimum Gasteiger partial charge on any atom is -0.311 e. The summed E-state index contributed by atoms with van der Waals surface area (Å²) in [6.45, 7) is 12.7. The highest BCUT2D eigenvalue weighted by molar-refractivity contribution is 5.15. The molecule has 1 heterocycles. The van der Waals surface area contributed by atoms with Crippen LogP contribution in [-0.4, -0.2) is 30.1 Å². The van der Waals surface area contributed by atoms with Gasteiger partial charge in [0.25, 0.3) is 0 Å². The maximum Gasteiger partial charge on any atom is 0.0237 e. The zero-order valence-corrected chi connectivity index (χ0v) is 14.2. The zero-order valence-electron chi connectivity index (χ0n) is 14.2. The molecular formula is C19H32N2. The van der Waals surface area contributed by atoms with E-state index in [1.54, 1.807) is 0 Å². The van der Waals surface area contributed by atoms with E-state index in [-0.39, 0.29) is 0 Å². The van der Waals surface area contributed by atoms with Crippen LogP contribution in [0, 0.1) is 11.8 Å². The quantitative estimate of drug-likeness (QED) is 0.853. The Bertz CT molecular complexity index is 399. The summed E-state index contributed by atoms with van der Waals surface area (Å²) in [5.41, 5.74) is 1.44. The van der Waals surface area contributed by atoms with Crippen molar-refractivity contribution in [3.8, 4) is 0 Å². The molecule has 2 nitrogen and oxygen atoms in total. The van der Waals surface area contributed by atoms with Crippen molar-refractivity contribution in [3.05, 3.63) is 35.9 Å². The molecule has 0 aliphatic carbocycles. The summed E-state index contributed by atoms with van der Waals surface area (Å²) in [7, 11) is 0. The van der Waals surface area contributed by atoms with E-state index in [4.69, 9.17) is 0 Å². The highest BCUT2D eigenvalue weighted by atomic mass is 15.2. The van der Waals surface area contributed by atoms with Crippen LogP contribution >= 0.6 is 0 Å². The van der Waals surface area contributed by atoms with Crippen LogP contribution in [0.25, 0.3) is 0 Å². The van der Waals surface area contributed by atoms with Crippen molar-refractivity contribution in [2.24, 2.45) is 11.8 Å². The van der Waals surface area contributed by atoms with Gasteiger partial charge >= 0.3 is 0 Å². The van der Waals surface area contributed by atoms with E-state index >= 15 is 0 Å². The number of benzene rings is 1. The lowest BCUT2D eigenvalue weighted by Crippen LogP contribution is -2.56. The monoisotopic (exact) mass is 288 g/mol. The number of hydrogen-bond donors (Lipinski definition) is 1. The van der Waals surface area contributed by atoms with Crippen molar-refractivity contribution in [3.63, 3.8) is 0 Å². The summed E-state index contributed by atoms with van der Waals surface area (Å²) in [4.78, 5) is 2.71. The maximum atomic E-state index is 3.78. The van der Waals surface area contributed by atoms with Gasteiger partial charge in [0.15, 0.2) is 0 Å². The van der Waals surface area contributed by atoms with Crippen molar-refractivity contribution in [1.82, 2.24) is 10.2 Å². The third-order valence-electron chi connectivity index (χ3n) is 4.34. The normalized spacial score (nSPS) is 23.9. The van der Waals surface area contributed by atoms with Crippen molar-refractivity contribution >= 4 is 0 Å². The van der Waals surface area contributed by atoms with E-state index < -0.39 is 0 Å². The van der Waals surface area contributed by atoms with E-state index in [2.05, 4.69) is 68.2 Å². The van der Waals surface area contributed by atoms with Gasteiger partial charge in [0.1, 0.15) is 0 Å². The van der Waals surface area contributed by atoms with Crippen LogP contribution in [0.1, 0.15) is 46.1 Å². The van der Waals surface area contributed by atoms with Gasteiger partial charge in [-0.2, -0.15) is 0 Å². The Morgan fingerprint density at radius 2 is 1.71 bits per heavy atom. The fraction of sp³-hybridized carbons (Fsp3) is 0.684. The Hall–Kier alpha value is -0.860.